The molecule has 0 fully saturated rings. The van der Waals surface area contributed by atoms with Crippen molar-refractivity contribution in [3.8, 4) is 0 Å². The van der Waals surface area contributed by atoms with Gasteiger partial charge >= 0.3 is 0 Å². The Balaban J connectivity index is 2.73. The fraction of sp³-hybridized carbons (Fsp3) is 0.444. The molecule has 78 valence electrons. The number of nitrogens with zero attached hydrogens (tertiary/aromatic N) is 1. The van der Waals surface area contributed by atoms with Crippen LogP contribution in [-0.2, 0) is 0 Å². The molecule has 0 aliphatic heterocycles. The first kappa shape index (κ1) is 11.0. The van der Waals surface area contributed by atoms with Gasteiger partial charge in [-0.25, -0.2) is 4.39 Å². The van der Waals surface area contributed by atoms with Crippen LogP contribution in [-0.4, -0.2) is 27.8 Å². The number of aromatic nitrogens is 1. The number of nitrogens with two attached hydrogens (primary N) is 1. The molecule has 4 nitrogen and oxygen atoms in total. The largest absolute Gasteiger partial charge is 0.390 e. The van der Waals surface area contributed by atoms with E-state index in [2.05, 4.69) is 4.98 Å². The molecule has 0 aromatic carbocycles. The quantitative estimate of drug-likeness (QED) is 0.637. The summed E-state index contributed by atoms with van der Waals surface area (Å²) in [4.78, 5) is 3.57. The van der Waals surface area contributed by atoms with Crippen molar-refractivity contribution in [3.63, 3.8) is 0 Å². The topological polar surface area (TPSA) is 79.4 Å². The summed E-state index contributed by atoms with van der Waals surface area (Å²) < 4.78 is 12.7. The van der Waals surface area contributed by atoms with Gasteiger partial charge in [-0.05, 0) is 19.0 Å². The summed E-state index contributed by atoms with van der Waals surface area (Å²) in [5.41, 5.74) is 5.47. The molecule has 2 unspecified atom stereocenters. The molecule has 1 aromatic heterocycles. The molecule has 0 spiro atoms. The van der Waals surface area contributed by atoms with Crippen molar-refractivity contribution in [1.29, 1.82) is 0 Å². The Bertz CT molecular complexity index is 296. The van der Waals surface area contributed by atoms with Crippen LogP contribution in [0.3, 0.4) is 0 Å². The lowest BCUT2D eigenvalue weighted by Gasteiger charge is -2.16. The van der Waals surface area contributed by atoms with Crippen molar-refractivity contribution >= 4 is 0 Å². The molecular formula is C9H13FN2O2. The second kappa shape index (κ2) is 4.99. The van der Waals surface area contributed by atoms with Gasteiger partial charge in [-0.1, -0.05) is 0 Å². The minimum Gasteiger partial charge on any atom is -0.390 e. The highest BCUT2D eigenvalue weighted by atomic mass is 19.1. The van der Waals surface area contributed by atoms with Gasteiger partial charge in [0.1, 0.15) is 11.9 Å². The third kappa shape index (κ3) is 2.73. The van der Waals surface area contributed by atoms with Crippen LogP contribution in [0.15, 0.2) is 18.5 Å². The average Bonchev–Trinajstić information content (AvgIpc) is 2.17. The number of hydrogen-bond donors (Lipinski definition) is 3. The predicted octanol–water partition coefficient (Wildman–Crippen LogP) is -0.0362. The summed E-state index contributed by atoms with van der Waals surface area (Å²) in [5, 5.41) is 18.9. The van der Waals surface area contributed by atoms with Gasteiger partial charge < -0.3 is 15.9 Å². The van der Waals surface area contributed by atoms with E-state index in [4.69, 9.17) is 5.73 Å². The fourth-order valence-electron chi connectivity index (χ4n) is 1.14. The van der Waals surface area contributed by atoms with Crippen LogP contribution >= 0.6 is 0 Å². The SMILES string of the molecule is NCCC(O)C(O)c1cncc(F)c1. The van der Waals surface area contributed by atoms with Crippen LogP contribution < -0.4 is 5.73 Å². The van der Waals surface area contributed by atoms with E-state index in [1.807, 2.05) is 0 Å². The van der Waals surface area contributed by atoms with E-state index in [1.54, 1.807) is 0 Å². The molecule has 0 bridgehead atoms. The Morgan fingerprint density at radius 1 is 1.43 bits per heavy atom. The zero-order valence-corrected chi connectivity index (χ0v) is 7.60. The Kier molecular flexibility index (Phi) is 3.94. The van der Waals surface area contributed by atoms with Crippen LogP contribution in [0.2, 0.25) is 0 Å². The van der Waals surface area contributed by atoms with Crippen LogP contribution in [0, 0.1) is 5.82 Å². The Morgan fingerprint density at radius 2 is 2.14 bits per heavy atom. The average molecular weight is 200 g/mol. The summed E-state index contributed by atoms with van der Waals surface area (Å²) in [6.07, 6.45) is 0.488. The van der Waals surface area contributed by atoms with E-state index < -0.39 is 18.0 Å². The van der Waals surface area contributed by atoms with Crippen molar-refractivity contribution < 1.29 is 14.6 Å². The summed E-state index contributed by atoms with van der Waals surface area (Å²) in [6.45, 7) is 0.265. The highest BCUT2D eigenvalue weighted by molar-refractivity contribution is 5.14. The zero-order valence-electron chi connectivity index (χ0n) is 7.60. The molecular weight excluding hydrogens is 187 g/mol. The maximum Gasteiger partial charge on any atom is 0.141 e. The van der Waals surface area contributed by atoms with Crippen LogP contribution in [0.4, 0.5) is 4.39 Å². The van der Waals surface area contributed by atoms with E-state index in [1.165, 1.54) is 6.20 Å². The number of rotatable bonds is 4. The molecule has 0 amide bonds. The van der Waals surface area contributed by atoms with Gasteiger partial charge in [-0.15, -0.1) is 0 Å². The first-order valence-corrected chi connectivity index (χ1v) is 4.31. The van der Waals surface area contributed by atoms with E-state index in [-0.39, 0.29) is 18.5 Å². The number of halogens is 1. The van der Waals surface area contributed by atoms with Crippen molar-refractivity contribution in [1.82, 2.24) is 4.98 Å². The zero-order chi connectivity index (χ0) is 10.6. The fourth-order valence-corrected chi connectivity index (χ4v) is 1.14. The lowest BCUT2D eigenvalue weighted by atomic mass is 10.0. The second-order valence-electron chi connectivity index (χ2n) is 3.03. The van der Waals surface area contributed by atoms with Crippen molar-refractivity contribution in [2.75, 3.05) is 6.54 Å². The number of aliphatic hydroxyl groups is 2. The Labute approximate surface area is 81.2 Å². The van der Waals surface area contributed by atoms with E-state index in [9.17, 15) is 14.6 Å². The number of aliphatic hydroxyl groups excluding tert-OH is 2. The maximum atomic E-state index is 12.7. The summed E-state index contributed by atoms with van der Waals surface area (Å²) in [5.74, 6) is -0.540. The third-order valence-electron chi connectivity index (χ3n) is 1.89. The normalized spacial score (nSPS) is 15.1. The predicted molar refractivity (Wildman–Crippen MR) is 48.8 cm³/mol. The molecule has 1 heterocycles. The molecule has 1 rings (SSSR count). The molecule has 0 radical (unpaired) electrons. The molecule has 4 N–H and O–H groups in total. The highest BCUT2D eigenvalue weighted by Crippen LogP contribution is 2.18. The monoisotopic (exact) mass is 200 g/mol. The van der Waals surface area contributed by atoms with Gasteiger partial charge in [0, 0.05) is 11.8 Å². The number of pyridine rings is 1. The van der Waals surface area contributed by atoms with E-state index in [0.29, 0.717) is 0 Å². The molecule has 1 aromatic rings. The van der Waals surface area contributed by atoms with Crippen molar-refractivity contribution in [2.24, 2.45) is 5.73 Å². The Morgan fingerprint density at radius 3 is 2.71 bits per heavy atom. The van der Waals surface area contributed by atoms with Crippen LogP contribution in [0.25, 0.3) is 0 Å². The summed E-state index contributed by atoms with van der Waals surface area (Å²) in [6, 6.07) is 1.14. The molecule has 0 saturated carbocycles. The number of hydrogen-bond acceptors (Lipinski definition) is 4. The first-order valence-electron chi connectivity index (χ1n) is 4.31. The molecule has 0 aliphatic carbocycles. The minimum absolute atomic E-state index is 0.256. The Hall–Kier alpha value is -1.04. The molecule has 14 heavy (non-hydrogen) atoms. The van der Waals surface area contributed by atoms with E-state index in [0.717, 1.165) is 12.3 Å². The van der Waals surface area contributed by atoms with Crippen LogP contribution in [0.1, 0.15) is 18.1 Å². The van der Waals surface area contributed by atoms with Gasteiger partial charge in [-0.3, -0.25) is 4.98 Å². The first-order chi connectivity index (χ1) is 6.65. The highest BCUT2D eigenvalue weighted by Gasteiger charge is 2.18. The standard InChI is InChI=1S/C9H13FN2O2/c10-7-3-6(4-12-5-7)9(14)8(13)1-2-11/h3-5,8-9,13-14H,1-2,11H2. The maximum absolute atomic E-state index is 12.7. The van der Waals surface area contributed by atoms with Crippen molar-refractivity contribution in [2.45, 2.75) is 18.6 Å². The molecule has 2 atom stereocenters. The summed E-state index contributed by atoms with van der Waals surface area (Å²) in [7, 11) is 0. The third-order valence-corrected chi connectivity index (χ3v) is 1.89. The van der Waals surface area contributed by atoms with Gasteiger partial charge in [0.25, 0.3) is 0 Å². The minimum atomic E-state index is -1.14. The molecule has 0 aliphatic rings. The van der Waals surface area contributed by atoms with E-state index >= 15 is 0 Å². The van der Waals surface area contributed by atoms with Gasteiger partial charge in [-0.2, -0.15) is 0 Å². The lowest BCUT2D eigenvalue weighted by molar-refractivity contribution is 0.0146. The lowest BCUT2D eigenvalue weighted by Crippen LogP contribution is -2.21. The second-order valence-corrected chi connectivity index (χ2v) is 3.03. The van der Waals surface area contributed by atoms with Gasteiger partial charge in [0.05, 0.1) is 12.3 Å². The van der Waals surface area contributed by atoms with Gasteiger partial charge in [0.15, 0.2) is 0 Å². The van der Waals surface area contributed by atoms with Gasteiger partial charge in [0.2, 0.25) is 0 Å². The molecule has 5 heteroatoms. The smallest absolute Gasteiger partial charge is 0.141 e. The molecule has 0 saturated heterocycles. The van der Waals surface area contributed by atoms with Crippen molar-refractivity contribution in [3.05, 3.63) is 29.8 Å². The van der Waals surface area contributed by atoms with Crippen LogP contribution in [0.5, 0.6) is 0 Å². The summed E-state index contributed by atoms with van der Waals surface area (Å²) >= 11 is 0.